The van der Waals surface area contributed by atoms with Crippen molar-refractivity contribution in [3.05, 3.63) is 23.9 Å². The van der Waals surface area contributed by atoms with E-state index in [1.165, 1.54) is 0 Å². The summed E-state index contributed by atoms with van der Waals surface area (Å²) >= 11 is 4.57. The van der Waals surface area contributed by atoms with Gasteiger partial charge in [0.2, 0.25) is 5.88 Å². The summed E-state index contributed by atoms with van der Waals surface area (Å²) in [6.45, 7) is 0. The van der Waals surface area contributed by atoms with Gasteiger partial charge in [-0.05, 0) is 18.3 Å². The topological polar surface area (TPSA) is 72.5 Å². The largest absolute Gasteiger partial charge is 0.481 e. The standard InChI is InChI=1S/C8H10N4OS/c1-13-7-3-2-6(4-10-7)5-11-12-8(9)14/h2-5H,1H3,(H3,9,12,14)/b11-5+. The normalized spacial score (nSPS) is 10.1. The van der Waals surface area contributed by atoms with Crippen molar-refractivity contribution in [1.29, 1.82) is 0 Å². The molecule has 74 valence electrons. The first-order valence-corrected chi connectivity index (χ1v) is 4.22. The molecule has 0 unspecified atom stereocenters. The summed E-state index contributed by atoms with van der Waals surface area (Å²) in [4.78, 5) is 3.99. The highest BCUT2D eigenvalue weighted by Crippen LogP contribution is 2.04. The van der Waals surface area contributed by atoms with E-state index in [1.54, 1.807) is 25.6 Å². The van der Waals surface area contributed by atoms with Crippen molar-refractivity contribution < 1.29 is 4.74 Å². The van der Waals surface area contributed by atoms with Crippen LogP contribution in [0, 0.1) is 0 Å². The van der Waals surface area contributed by atoms with Crippen LogP contribution in [0.3, 0.4) is 0 Å². The fourth-order valence-corrected chi connectivity index (χ4v) is 0.812. The van der Waals surface area contributed by atoms with Crippen LogP contribution in [-0.4, -0.2) is 23.4 Å². The van der Waals surface area contributed by atoms with Gasteiger partial charge in [0, 0.05) is 17.8 Å². The first kappa shape index (κ1) is 10.4. The Morgan fingerprint density at radius 1 is 1.71 bits per heavy atom. The number of pyridine rings is 1. The highest BCUT2D eigenvalue weighted by atomic mass is 32.1. The number of ether oxygens (including phenoxy) is 1. The zero-order valence-corrected chi connectivity index (χ0v) is 8.41. The first-order valence-electron chi connectivity index (χ1n) is 3.81. The maximum absolute atomic E-state index is 5.17. The Balaban J connectivity index is 2.59. The summed E-state index contributed by atoms with van der Waals surface area (Å²) < 4.78 is 4.90. The third-order valence-electron chi connectivity index (χ3n) is 1.36. The summed E-state index contributed by atoms with van der Waals surface area (Å²) in [5.41, 5.74) is 8.44. The van der Waals surface area contributed by atoms with Gasteiger partial charge < -0.3 is 10.5 Å². The fraction of sp³-hybridized carbons (Fsp3) is 0.125. The van der Waals surface area contributed by atoms with Crippen molar-refractivity contribution >= 4 is 23.5 Å². The lowest BCUT2D eigenvalue weighted by atomic mass is 10.3. The predicted octanol–water partition coefficient (Wildman–Crippen LogP) is 0.257. The second-order valence-corrected chi connectivity index (χ2v) is 2.81. The molecule has 0 aromatic carbocycles. The molecule has 0 spiro atoms. The zero-order valence-electron chi connectivity index (χ0n) is 7.60. The Kier molecular flexibility index (Phi) is 3.81. The van der Waals surface area contributed by atoms with E-state index in [1.807, 2.05) is 6.07 Å². The Hall–Kier alpha value is -1.69. The summed E-state index contributed by atoms with van der Waals surface area (Å²) in [7, 11) is 1.56. The number of aromatic nitrogens is 1. The highest BCUT2D eigenvalue weighted by Gasteiger charge is 1.91. The molecule has 14 heavy (non-hydrogen) atoms. The van der Waals surface area contributed by atoms with Gasteiger partial charge in [-0.3, -0.25) is 5.43 Å². The Morgan fingerprint density at radius 3 is 3.00 bits per heavy atom. The number of hydrogen-bond donors (Lipinski definition) is 2. The van der Waals surface area contributed by atoms with Crippen molar-refractivity contribution in [2.24, 2.45) is 10.8 Å². The second-order valence-electron chi connectivity index (χ2n) is 2.37. The quantitative estimate of drug-likeness (QED) is 0.425. The maximum Gasteiger partial charge on any atom is 0.212 e. The minimum atomic E-state index is 0.128. The maximum atomic E-state index is 5.17. The van der Waals surface area contributed by atoms with Crippen LogP contribution < -0.4 is 15.9 Å². The molecule has 0 amide bonds. The van der Waals surface area contributed by atoms with Gasteiger partial charge in [0.15, 0.2) is 5.11 Å². The summed E-state index contributed by atoms with van der Waals surface area (Å²) in [6.07, 6.45) is 3.19. The summed E-state index contributed by atoms with van der Waals surface area (Å²) in [5, 5.41) is 3.90. The minimum absolute atomic E-state index is 0.128. The van der Waals surface area contributed by atoms with Crippen molar-refractivity contribution in [3.8, 4) is 5.88 Å². The van der Waals surface area contributed by atoms with Gasteiger partial charge in [-0.15, -0.1) is 0 Å². The molecule has 0 saturated carbocycles. The second kappa shape index (κ2) is 5.13. The third kappa shape index (κ3) is 3.36. The van der Waals surface area contributed by atoms with Crippen LogP contribution >= 0.6 is 12.2 Å². The number of nitrogens with one attached hydrogen (secondary N) is 1. The van der Waals surface area contributed by atoms with E-state index in [0.29, 0.717) is 5.88 Å². The summed E-state index contributed by atoms with van der Waals surface area (Å²) in [5.74, 6) is 0.560. The van der Waals surface area contributed by atoms with Gasteiger partial charge in [0.25, 0.3) is 0 Å². The van der Waals surface area contributed by atoms with E-state index in [2.05, 4.69) is 27.7 Å². The third-order valence-corrected chi connectivity index (χ3v) is 1.45. The van der Waals surface area contributed by atoms with E-state index >= 15 is 0 Å². The molecule has 0 fully saturated rings. The van der Waals surface area contributed by atoms with E-state index in [0.717, 1.165) is 5.56 Å². The lowest BCUT2D eigenvalue weighted by Gasteiger charge is -1.97. The van der Waals surface area contributed by atoms with Crippen LogP contribution in [0.15, 0.2) is 23.4 Å². The molecule has 0 aliphatic rings. The molecule has 3 N–H and O–H groups in total. The number of hydrogen-bond acceptors (Lipinski definition) is 4. The van der Waals surface area contributed by atoms with Crippen LogP contribution in [0.5, 0.6) is 5.88 Å². The van der Waals surface area contributed by atoms with Crippen LogP contribution in [0.25, 0.3) is 0 Å². The number of methoxy groups -OCH3 is 1. The van der Waals surface area contributed by atoms with Crippen molar-refractivity contribution in [2.45, 2.75) is 0 Å². The van der Waals surface area contributed by atoms with Gasteiger partial charge in [-0.1, -0.05) is 0 Å². The van der Waals surface area contributed by atoms with Crippen LogP contribution in [-0.2, 0) is 0 Å². The molecule has 1 rings (SSSR count). The number of nitrogens with two attached hydrogens (primary N) is 1. The van der Waals surface area contributed by atoms with Crippen molar-refractivity contribution in [1.82, 2.24) is 10.4 Å². The lowest BCUT2D eigenvalue weighted by Crippen LogP contribution is -2.23. The minimum Gasteiger partial charge on any atom is -0.481 e. The van der Waals surface area contributed by atoms with E-state index in [-0.39, 0.29) is 5.11 Å². The van der Waals surface area contributed by atoms with E-state index < -0.39 is 0 Å². The number of nitrogens with zero attached hydrogens (tertiary/aromatic N) is 2. The molecule has 0 saturated heterocycles. The Morgan fingerprint density at radius 2 is 2.50 bits per heavy atom. The monoisotopic (exact) mass is 210 g/mol. The molecule has 0 bridgehead atoms. The SMILES string of the molecule is COc1ccc(/C=N/NC(N)=S)cn1. The average Bonchev–Trinajstić information content (AvgIpc) is 2.18. The molecule has 1 aromatic heterocycles. The number of hydrazone groups is 1. The molecule has 0 radical (unpaired) electrons. The van der Waals surface area contributed by atoms with Gasteiger partial charge in [-0.2, -0.15) is 5.10 Å². The Bertz CT molecular complexity index is 336. The molecule has 0 aliphatic heterocycles. The number of rotatable bonds is 3. The van der Waals surface area contributed by atoms with E-state index in [9.17, 15) is 0 Å². The van der Waals surface area contributed by atoms with Crippen LogP contribution in [0.4, 0.5) is 0 Å². The van der Waals surface area contributed by atoms with Gasteiger partial charge in [0.1, 0.15) is 0 Å². The first-order chi connectivity index (χ1) is 6.72. The van der Waals surface area contributed by atoms with Crippen LogP contribution in [0.2, 0.25) is 0 Å². The average molecular weight is 210 g/mol. The highest BCUT2D eigenvalue weighted by molar-refractivity contribution is 7.80. The molecule has 1 aromatic rings. The molecular formula is C8H10N4OS. The fourth-order valence-electron chi connectivity index (χ4n) is 0.759. The van der Waals surface area contributed by atoms with Gasteiger partial charge in [0.05, 0.1) is 13.3 Å². The van der Waals surface area contributed by atoms with Crippen molar-refractivity contribution in [2.75, 3.05) is 7.11 Å². The Labute approximate surface area is 87.0 Å². The van der Waals surface area contributed by atoms with Crippen LogP contribution in [0.1, 0.15) is 5.56 Å². The molecule has 5 nitrogen and oxygen atoms in total. The molecular weight excluding hydrogens is 200 g/mol. The van der Waals surface area contributed by atoms with Crippen molar-refractivity contribution in [3.63, 3.8) is 0 Å². The molecule has 6 heteroatoms. The number of thiocarbonyl (C=S) groups is 1. The smallest absolute Gasteiger partial charge is 0.212 e. The predicted molar refractivity (Wildman–Crippen MR) is 58.3 cm³/mol. The molecule has 1 heterocycles. The molecule has 0 atom stereocenters. The zero-order chi connectivity index (χ0) is 10.4. The molecule has 0 aliphatic carbocycles. The van der Waals surface area contributed by atoms with E-state index in [4.69, 9.17) is 10.5 Å². The van der Waals surface area contributed by atoms with Gasteiger partial charge in [-0.25, -0.2) is 4.98 Å². The van der Waals surface area contributed by atoms with Gasteiger partial charge >= 0.3 is 0 Å². The summed E-state index contributed by atoms with van der Waals surface area (Å²) in [6, 6.07) is 3.55. The lowest BCUT2D eigenvalue weighted by molar-refractivity contribution is 0.398.